The quantitative estimate of drug-likeness (QED) is 0.620. The van der Waals surface area contributed by atoms with Crippen molar-refractivity contribution < 1.29 is 14.3 Å². The van der Waals surface area contributed by atoms with Crippen molar-refractivity contribution in [1.82, 2.24) is 4.57 Å². The van der Waals surface area contributed by atoms with Crippen molar-refractivity contribution in [3.8, 4) is 5.75 Å². The number of hydrogen-bond donors (Lipinski definition) is 0. The number of nitrogens with zero attached hydrogens (tertiary/aromatic N) is 2. The molecule has 26 heavy (non-hydrogen) atoms. The van der Waals surface area contributed by atoms with Crippen LogP contribution in [0.15, 0.2) is 47.5 Å². The number of aryl methyl sites for hydroxylation is 1. The van der Waals surface area contributed by atoms with Crippen LogP contribution in [0.3, 0.4) is 0 Å². The first-order valence-corrected chi connectivity index (χ1v) is 9.35. The number of ether oxygens (including phenoxy) is 2. The molecule has 0 saturated carbocycles. The molecule has 136 valence electrons. The monoisotopic (exact) mass is 370 g/mol. The van der Waals surface area contributed by atoms with Crippen molar-refractivity contribution in [2.75, 3.05) is 20.3 Å². The van der Waals surface area contributed by atoms with E-state index >= 15 is 0 Å². The van der Waals surface area contributed by atoms with E-state index in [2.05, 4.69) is 4.99 Å². The Hall–Kier alpha value is -2.44. The highest BCUT2D eigenvalue weighted by atomic mass is 32.1. The summed E-state index contributed by atoms with van der Waals surface area (Å²) in [6.45, 7) is 5.75. The van der Waals surface area contributed by atoms with Gasteiger partial charge >= 0.3 is 0 Å². The van der Waals surface area contributed by atoms with Gasteiger partial charge in [-0.1, -0.05) is 35.1 Å². The van der Waals surface area contributed by atoms with E-state index < -0.39 is 0 Å². The van der Waals surface area contributed by atoms with Gasteiger partial charge in [-0.2, -0.15) is 4.99 Å². The number of fused-ring (bicyclic) bond motifs is 1. The first-order chi connectivity index (χ1) is 12.6. The van der Waals surface area contributed by atoms with E-state index in [1.807, 2.05) is 48.7 Å². The summed E-state index contributed by atoms with van der Waals surface area (Å²) >= 11 is 1.48. The van der Waals surface area contributed by atoms with Crippen LogP contribution in [0.25, 0.3) is 10.2 Å². The molecule has 0 radical (unpaired) electrons. The molecule has 1 aromatic heterocycles. The number of amides is 1. The molecule has 0 saturated heterocycles. The highest BCUT2D eigenvalue weighted by Gasteiger charge is 2.13. The zero-order valence-electron chi connectivity index (χ0n) is 15.2. The number of thiazole rings is 1. The fourth-order valence-electron chi connectivity index (χ4n) is 2.70. The first-order valence-electron chi connectivity index (χ1n) is 8.54. The standard InChI is InChI=1S/C20H22N2O3S/c1-4-25-13-12-22-18-16(24-3)6-5-7-17(18)26-20(22)21-19(23)15-10-8-14(2)9-11-15/h5-11H,4,12-13H2,1-3H3. The fraction of sp³-hybridized carbons (Fsp3) is 0.300. The Morgan fingerprint density at radius 2 is 1.96 bits per heavy atom. The maximum Gasteiger partial charge on any atom is 0.279 e. The van der Waals surface area contributed by atoms with Crippen LogP contribution < -0.4 is 9.54 Å². The molecule has 0 spiro atoms. The molecule has 0 aliphatic heterocycles. The summed E-state index contributed by atoms with van der Waals surface area (Å²) in [5.74, 6) is 0.514. The summed E-state index contributed by atoms with van der Waals surface area (Å²) in [6, 6.07) is 13.3. The summed E-state index contributed by atoms with van der Waals surface area (Å²) in [4.78, 5) is 17.6. The lowest BCUT2D eigenvalue weighted by molar-refractivity contribution is 0.0996. The molecular weight excluding hydrogens is 348 g/mol. The topological polar surface area (TPSA) is 52.8 Å². The van der Waals surface area contributed by atoms with Crippen LogP contribution in [0, 0.1) is 6.92 Å². The van der Waals surface area contributed by atoms with E-state index in [-0.39, 0.29) is 5.91 Å². The predicted molar refractivity (Wildman–Crippen MR) is 104 cm³/mol. The Labute approximate surface area is 156 Å². The Morgan fingerprint density at radius 3 is 2.65 bits per heavy atom. The number of hydrogen-bond acceptors (Lipinski definition) is 4. The highest BCUT2D eigenvalue weighted by molar-refractivity contribution is 7.16. The lowest BCUT2D eigenvalue weighted by Crippen LogP contribution is -2.20. The SMILES string of the molecule is CCOCCn1c(=NC(=O)c2ccc(C)cc2)sc2cccc(OC)c21. The van der Waals surface area contributed by atoms with Gasteiger partial charge in [0, 0.05) is 18.7 Å². The van der Waals surface area contributed by atoms with E-state index in [4.69, 9.17) is 9.47 Å². The van der Waals surface area contributed by atoms with Gasteiger partial charge in [-0.15, -0.1) is 0 Å². The second-order valence-corrected chi connectivity index (χ2v) is 6.83. The van der Waals surface area contributed by atoms with Crippen LogP contribution in [0.4, 0.5) is 0 Å². The summed E-state index contributed by atoms with van der Waals surface area (Å²) in [6.07, 6.45) is 0. The number of carbonyl (C=O) groups is 1. The molecule has 3 aromatic rings. The molecule has 0 N–H and O–H groups in total. The zero-order chi connectivity index (χ0) is 18.5. The summed E-state index contributed by atoms with van der Waals surface area (Å²) < 4.78 is 14.0. The van der Waals surface area contributed by atoms with Crippen LogP contribution in [0.5, 0.6) is 5.75 Å². The van der Waals surface area contributed by atoms with Gasteiger partial charge in [0.2, 0.25) is 0 Å². The van der Waals surface area contributed by atoms with Gasteiger partial charge in [0.25, 0.3) is 5.91 Å². The number of rotatable bonds is 6. The van der Waals surface area contributed by atoms with Crippen molar-refractivity contribution >= 4 is 27.5 Å². The Kier molecular flexibility index (Phi) is 5.85. The van der Waals surface area contributed by atoms with Crippen LogP contribution in [-0.2, 0) is 11.3 Å². The Morgan fingerprint density at radius 1 is 1.19 bits per heavy atom. The van der Waals surface area contributed by atoms with Crippen molar-refractivity contribution in [3.05, 3.63) is 58.4 Å². The van der Waals surface area contributed by atoms with E-state index in [9.17, 15) is 4.79 Å². The molecule has 6 heteroatoms. The van der Waals surface area contributed by atoms with Gasteiger partial charge in [-0.05, 0) is 38.1 Å². The molecule has 0 fully saturated rings. The van der Waals surface area contributed by atoms with E-state index in [1.54, 1.807) is 19.2 Å². The maximum atomic E-state index is 12.6. The average Bonchev–Trinajstić information content (AvgIpc) is 2.99. The highest BCUT2D eigenvalue weighted by Crippen LogP contribution is 2.27. The molecule has 0 atom stereocenters. The molecule has 1 heterocycles. The predicted octanol–water partition coefficient (Wildman–Crippen LogP) is 3.80. The second kappa shape index (κ2) is 8.29. The van der Waals surface area contributed by atoms with Crippen molar-refractivity contribution in [3.63, 3.8) is 0 Å². The lowest BCUT2D eigenvalue weighted by Gasteiger charge is -2.08. The minimum atomic E-state index is -0.249. The third-order valence-electron chi connectivity index (χ3n) is 4.04. The first kappa shape index (κ1) is 18.4. The summed E-state index contributed by atoms with van der Waals surface area (Å²) in [5.41, 5.74) is 2.63. The normalized spacial score (nSPS) is 11.9. The van der Waals surface area contributed by atoms with Crippen LogP contribution in [0.1, 0.15) is 22.8 Å². The minimum absolute atomic E-state index is 0.249. The van der Waals surface area contributed by atoms with E-state index in [0.29, 0.717) is 30.1 Å². The molecule has 1 amide bonds. The zero-order valence-corrected chi connectivity index (χ0v) is 16.0. The molecule has 0 bridgehead atoms. The van der Waals surface area contributed by atoms with E-state index in [1.165, 1.54) is 11.3 Å². The van der Waals surface area contributed by atoms with Crippen molar-refractivity contribution in [2.24, 2.45) is 4.99 Å². The molecular formula is C20H22N2O3S. The third kappa shape index (κ3) is 3.86. The smallest absolute Gasteiger partial charge is 0.279 e. The molecule has 3 rings (SSSR count). The van der Waals surface area contributed by atoms with Crippen LogP contribution in [0.2, 0.25) is 0 Å². The van der Waals surface area contributed by atoms with Crippen molar-refractivity contribution in [1.29, 1.82) is 0 Å². The number of para-hydroxylation sites is 1. The van der Waals surface area contributed by atoms with Crippen LogP contribution in [-0.4, -0.2) is 30.8 Å². The fourth-order valence-corrected chi connectivity index (χ4v) is 3.77. The molecule has 0 aliphatic rings. The number of aromatic nitrogens is 1. The third-order valence-corrected chi connectivity index (χ3v) is 5.09. The minimum Gasteiger partial charge on any atom is -0.495 e. The van der Waals surface area contributed by atoms with Gasteiger partial charge in [0.15, 0.2) is 4.80 Å². The number of carbonyl (C=O) groups excluding carboxylic acids is 1. The van der Waals surface area contributed by atoms with E-state index in [0.717, 1.165) is 21.5 Å². The lowest BCUT2D eigenvalue weighted by atomic mass is 10.1. The summed E-state index contributed by atoms with van der Waals surface area (Å²) in [5, 5.41) is 0. The number of benzene rings is 2. The van der Waals surface area contributed by atoms with Crippen molar-refractivity contribution in [2.45, 2.75) is 20.4 Å². The van der Waals surface area contributed by atoms with Crippen LogP contribution >= 0.6 is 11.3 Å². The molecule has 2 aromatic carbocycles. The van der Waals surface area contributed by atoms with Gasteiger partial charge < -0.3 is 14.0 Å². The molecule has 0 unspecified atom stereocenters. The largest absolute Gasteiger partial charge is 0.495 e. The van der Waals surface area contributed by atoms with Gasteiger partial charge in [-0.25, -0.2) is 0 Å². The average molecular weight is 370 g/mol. The Balaban J connectivity index is 2.09. The molecule has 0 aliphatic carbocycles. The maximum absolute atomic E-state index is 12.6. The second-order valence-electron chi connectivity index (χ2n) is 5.82. The number of methoxy groups -OCH3 is 1. The van der Waals surface area contributed by atoms with Gasteiger partial charge in [-0.3, -0.25) is 4.79 Å². The van der Waals surface area contributed by atoms with Gasteiger partial charge in [0.05, 0.1) is 18.4 Å². The summed E-state index contributed by atoms with van der Waals surface area (Å²) in [7, 11) is 1.65. The molecule has 5 nitrogen and oxygen atoms in total. The van der Waals surface area contributed by atoms with Gasteiger partial charge in [0.1, 0.15) is 11.3 Å². The Bertz CT molecular complexity index is 971.